The average Bonchev–Trinajstić information content (AvgIpc) is 2.30. The van der Waals surface area contributed by atoms with Gasteiger partial charge >= 0.3 is 6.03 Å². The topological polar surface area (TPSA) is 32.3 Å². The molecule has 2 unspecified atom stereocenters. The molecule has 1 N–H and O–H groups in total. The van der Waals surface area contributed by atoms with Crippen molar-refractivity contribution < 1.29 is 4.79 Å². The van der Waals surface area contributed by atoms with Crippen LogP contribution >= 0.6 is 0 Å². The Kier molecular flexibility index (Phi) is 1.51. The van der Waals surface area contributed by atoms with Crippen molar-refractivity contribution in [2.24, 2.45) is 0 Å². The van der Waals surface area contributed by atoms with Gasteiger partial charge in [-0.2, -0.15) is 0 Å². The van der Waals surface area contributed by atoms with E-state index in [1.807, 2.05) is 11.9 Å². The van der Waals surface area contributed by atoms with Crippen LogP contribution in [0.15, 0.2) is 0 Å². The Labute approximate surface area is 66.8 Å². The monoisotopic (exact) mass is 154 g/mol. The van der Waals surface area contributed by atoms with Gasteiger partial charge in [-0.15, -0.1) is 0 Å². The number of hydrogen-bond acceptors (Lipinski definition) is 1. The minimum atomic E-state index is 0.113. The van der Waals surface area contributed by atoms with Crippen molar-refractivity contribution in [1.29, 1.82) is 0 Å². The molecule has 2 fully saturated rings. The van der Waals surface area contributed by atoms with Gasteiger partial charge in [-0.05, 0) is 12.8 Å². The third-order valence-corrected chi connectivity index (χ3v) is 2.86. The van der Waals surface area contributed by atoms with Crippen LogP contribution in [0.1, 0.15) is 25.7 Å². The third kappa shape index (κ3) is 0.988. The van der Waals surface area contributed by atoms with Gasteiger partial charge in [0.05, 0.1) is 12.1 Å². The number of rotatable bonds is 0. The predicted molar refractivity (Wildman–Crippen MR) is 42.3 cm³/mol. The molecule has 3 nitrogen and oxygen atoms in total. The van der Waals surface area contributed by atoms with Gasteiger partial charge in [0, 0.05) is 7.05 Å². The first-order valence-corrected chi connectivity index (χ1v) is 4.32. The van der Waals surface area contributed by atoms with Crippen molar-refractivity contribution in [3.05, 3.63) is 0 Å². The Morgan fingerprint density at radius 3 is 2.91 bits per heavy atom. The summed E-state index contributed by atoms with van der Waals surface area (Å²) in [7, 11) is 1.89. The van der Waals surface area contributed by atoms with Gasteiger partial charge in [0.2, 0.25) is 0 Å². The molecule has 2 atom stereocenters. The molecule has 1 heterocycles. The second kappa shape index (κ2) is 2.40. The molecule has 3 heteroatoms. The van der Waals surface area contributed by atoms with Gasteiger partial charge in [0.15, 0.2) is 0 Å². The highest BCUT2D eigenvalue weighted by Crippen LogP contribution is 2.26. The number of amides is 2. The number of hydrogen-bond donors (Lipinski definition) is 1. The first-order valence-electron chi connectivity index (χ1n) is 4.32. The maximum Gasteiger partial charge on any atom is 0.317 e. The minimum Gasteiger partial charge on any atom is -0.333 e. The first-order chi connectivity index (χ1) is 5.29. The molecule has 11 heavy (non-hydrogen) atoms. The molecule has 2 aliphatic rings. The maximum absolute atomic E-state index is 11.2. The van der Waals surface area contributed by atoms with Gasteiger partial charge in [0.1, 0.15) is 0 Å². The molecule has 62 valence electrons. The largest absolute Gasteiger partial charge is 0.333 e. The lowest BCUT2D eigenvalue weighted by Gasteiger charge is -2.27. The lowest BCUT2D eigenvalue weighted by Crippen LogP contribution is -2.36. The van der Waals surface area contributed by atoms with E-state index in [1.165, 1.54) is 25.7 Å². The van der Waals surface area contributed by atoms with Crippen LogP contribution in [-0.4, -0.2) is 30.1 Å². The van der Waals surface area contributed by atoms with E-state index < -0.39 is 0 Å². The highest BCUT2D eigenvalue weighted by atomic mass is 16.2. The first kappa shape index (κ1) is 6.95. The van der Waals surface area contributed by atoms with Crippen LogP contribution in [0.4, 0.5) is 4.79 Å². The lowest BCUT2D eigenvalue weighted by molar-refractivity contribution is 0.208. The van der Waals surface area contributed by atoms with Crippen LogP contribution in [-0.2, 0) is 0 Å². The summed E-state index contributed by atoms with van der Waals surface area (Å²) >= 11 is 0. The highest BCUT2D eigenvalue weighted by Gasteiger charge is 2.37. The molecule has 1 saturated heterocycles. The fourth-order valence-corrected chi connectivity index (χ4v) is 2.15. The van der Waals surface area contributed by atoms with E-state index in [2.05, 4.69) is 5.32 Å². The molecule has 2 amide bonds. The number of carbonyl (C=O) groups excluding carboxylic acids is 1. The molecule has 1 aliphatic heterocycles. The van der Waals surface area contributed by atoms with E-state index >= 15 is 0 Å². The van der Waals surface area contributed by atoms with Crippen LogP contribution in [0.25, 0.3) is 0 Å². The Morgan fingerprint density at radius 1 is 1.45 bits per heavy atom. The van der Waals surface area contributed by atoms with Crippen molar-refractivity contribution in [3.8, 4) is 0 Å². The quantitative estimate of drug-likeness (QED) is 0.553. The number of urea groups is 1. The number of nitrogens with one attached hydrogen (secondary N) is 1. The summed E-state index contributed by atoms with van der Waals surface area (Å²) < 4.78 is 0. The van der Waals surface area contributed by atoms with E-state index in [0.717, 1.165) is 0 Å². The normalized spacial score (nSPS) is 36.8. The Hall–Kier alpha value is -0.730. The SMILES string of the molecule is CN1C(=O)NC2CCCCC21. The van der Waals surface area contributed by atoms with Crippen molar-refractivity contribution in [2.45, 2.75) is 37.8 Å². The maximum atomic E-state index is 11.2. The van der Waals surface area contributed by atoms with Gasteiger partial charge in [-0.1, -0.05) is 12.8 Å². The molecule has 0 aromatic heterocycles. The van der Waals surface area contributed by atoms with Gasteiger partial charge in [-0.25, -0.2) is 4.79 Å². The molecule has 0 bridgehead atoms. The second-order valence-corrected chi connectivity index (χ2v) is 3.52. The zero-order chi connectivity index (χ0) is 7.84. The van der Waals surface area contributed by atoms with Crippen LogP contribution in [0, 0.1) is 0 Å². The van der Waals surface area contributed by atoms with E-state index in [9.17, 15) is 4.79 Å². The van der Waals surface area contributed by atoms with E-state index in [0.29, 0.717) is 12.1 Å². The molecule has 2 rings (SSSR count). The Morgan fingerprint density at radius 2 is 2.18 bits per heavy atom. The fraction of sp³-hybridized carbons (Fsp3) is 0.875. The van der Waals surface area contributed by atoms with Gasteiger partial charge in [0.25, 0.3) is 0 Å². The smallest absolute Gasteiger partial charge is 0.317 e. The van der Waals surface area contributed by atoms with Crippen LogP contribution in [0.2, 0.25) is 0 Å². The summed E-state index contributed by atoms with van der Waals surface area (Å²) in [6.07, 6.45) is 4.90. The summed E-state index contributed by atoms with van der Waals surface area (Å²) in [5.74, 6) is 0. The van der Waals surface area contributed by atoms with Crippen LogP contribution in [0.5, 0.6) is 0 Å². The molecule has 0 aromatic carbocycles. The van der Waals surface area contributed by atoms with E-state index in [4.69, 9.17) is 0 Å². The van der Waals surface area contributed by atoms with E-state index in [1.54, 1.807) is 0 Å². The third-order valence-electron chi connectivity index (χ3n) is 2.86. The molecule has 0 aromatic rings. The standard InChI is InChI=1S/C8H14N2O/c1-10-7-5-3-2-4-6(7)9-8(10)11/h6-7H,2-5H2,1H3,(H,9,11). The minimum absolute atomic E-state index is 0.113. The van der Waals surface area contributed by atoms with Crippen LogP contribution < -0.4 is 5.32 Å². The summed E-state index contributed by atoms with van der Waals surface area (Å²) in [6.45, 7) is 0. The summed E-state index contributed by atoms with van der Waals surface area (Å²) in [4.78, 5) is 13.0. The Bertz CT molecular complexity index is 181. The van der Waals surface area contributed by atoms with Crippen molar-refractivity contribution in [3.63, 3.8) is 0 Å². The zero-order valence-corrected chi connectivity index (χ0v) is 6.84. The summed E-state index contributed by atoms with van der Waals surface area (Å²) in [5.41, 5.74) is 0. The molecular weight excluding hydrogens is 140 g/mol. The van der Waals surface area contributed by atoms with Gasteiger partial charge in [-0.3, -0.25) is 0 Å². The molecular formula is C8H14N2O. The van der Waals surface area contributed by atoms with Crippen LogP contribution in [0.3, 0.4) is 0 Å². The summed E-state index contributed by atoms with van der Waals surface area (Å²) in [5, 5.41) is 2.99. The Balaban J connectivity index is 2.11. The summed E-state index contributed by atoms with van der Waals surface area (Å²) in [6, 6.07) is 1.04. The van der Waals surface area contributed by atoms with Gasteiger partial charge < -0.3 is 10.2 Å². The number of likely N-dealkylation sites (N-methyl/N-ethyl adjacent to an activating group) is 1. The predicted octanol–water partition coefficient (Wildman–Crippen LogP) is 0.953. The molecule has 1 saturated carbocycles. The van der Waals surface area contributed by atoms with Crippen molar-refractivity contribution >= 4 is 6.03 Å². The lowest BCUT2D eigenvalue weighted by atomic mass is 9.91. The van der Waals surface area contributed by atoms with Crippen molar-refractivity contribution in [2.75, 3.05) is 7.05 Å². The number of carbonyl (C=O) groups is 1. The molecule has 1 aliphatic carbocycles. The average molecular weight is 154 g/mol. The molecule has 0 radical (unpaired) electrons. The fourth-order valence-electron chi connectivity index (χ4n) is 2.15. The second-order valence-electron chi connectivity index (χ2n) is 3.52. The van der Waals surface area contributed by atoms with Crippen molar-refractivity contribution in [1.82, 2.24) is 10.2 Å². The number of nitrogens with zero attached hydrogens (tertiary/aromatic N) is 1. The highest BCUT2D eigenvalue weighted by molar-refractivity contribution is 5.77. The van der Waals surface area contributed by atoms with E-state index in [-0.39, 0.29) is 6.03 Å². The zero-order valence-electron chi connectivity index (χ0n) is 6.84. The molecule has 0 spiro atoms. The number of fused-ring (bicyclic) bond motifs is 1.